The molecule has 0 N–H and O–H groups in total. The second kappa shape index (κ2) is 9.28. The number of nitrogens with zero attached hydrogens (tertiary/aromatic N) is 1. The number of hydrogen-bond acceptors (Lipinski definition) is 2. The highest BCUT2D eigenvalue weighted by Gasteiger charge is 2.37. The molecule has 0 unspecified atom stereocenters. The molecule has 1 saturated carbocycles. The van der Waals surface area contributed by atoms with Crippen molar-refractivity contribution in [1.82, 2.24) is 0 Å². The Morgan fingerprint density at radius 1 is 0.919 bits per heavy atom. The molecule has 190 valence electrons. The number of carbonyl (C=O) groups is 1. The lowest BCUT2D eigenvalue weighted by atomic mass is 9.79. The van der Waals surface area contributed by atoms with Gasteiger partial charge in [0.05, 0.1) is 11.2 Å². The van der Waals surface area contributed by atoms with Crippen LogP contribution in [0.3, 0.4) is 0 Å². The van der Waals surface area contributed by atoms with E-state index in [4.69, 9.17) is 0 Å². The molecule has 0 radical (unpaired) electrons. The number of anilines is 1. The number of carbonyl (C=O) groups excluding carboxylic acids is 1. The summed E-state index contributed by atoms with van der Waals surface area (Å²) in [6, 6.07) is 21.8. The average Bonchev–Trinajstić information content (AvgIpc) is 2.99. The van der Waals surface area contributed by atoms with E-state index in [0.717, 1.165) is 35.5 Å². The molecule has 3 aromatic rings. The summed E-state index contributed by atoms with van der Waals surface area (Å²) in [6.07, 6.45) is 8.06. The molecule has 2 nitrogen and oxygen atoms in total. The van der Waals surface area contributed by atoms with Gasteiger partial charge < -0.3 is 0 Å². The molecule has 0 aromatic heterocycles. The van der Waals surface area contributed by atoms with Crippen molar-refractivity contribution in [2.45, 2.75) is 83.6 Å². The van der Waals surface area contributed by atoms with E-state index >= 15 is 0 Å². The van der Waals surface area contributed by atoms with Crippen LogP contribution in [0.4, 0.5) is 10.2 Å². The third kappa shape index (κ3) is 4.23. The highest BCUT2D eigenvalue weighted by Crippen LogP contribution is 2.45. The lowest BCUT2D eigenvalue weighted by molar-refractivity contribution is 0.0988. The van der Waals surface area contributed by atoms with Gasteiger partial charge in [-0.3, -0.25) is 4.79 Å². The minimum absolute atomic E-state index is 0.194. The largest absolute Gasteiger partial charge is 0.294 e. The lowest BCUT2D eigenvalue weighted by Crippen LogP contribution is -2.34. The van der Waals surface area contributed by atoms with Gasteiger partial charge in [0.1, 0.15) is 0 Å². The molecule has 0 saturated heterocycles. The molecule has 6 rings (SSSR count). The van der Waals surface area contributed by atoms with Gasteiger partial charge in [-0.2, -0.15) is 0 Å². The van der Waals surface area contributed by atoms with E-state index in [1.165, 1.54) is 58.2 Å². The van der Waals surface area contributed by atoms with Gasteiger partial charge in [0.2, 0.25) is 0 Å². The van der Waals surface area contributed by atoms with Crippen LogP contribution >= 0.6 is 0 Å². The minimum atomic E-state index is -0.520. The molecule has 0 amide bonds. The van der Waals surface area contributed by atoms with Crippen LogP contribution in [0.1, 0.15) is 109 Å². The van der Waals surface area contributed by atoms with Crippen molar-refractivity contribution in [2.75, 3.05) is 5.12 Å². The molecule has 2 aliphatic carbocycles. The predicted molar refractivity (Wildman–Crippen MR) is 151 cm³/mol. The maximum Gasteiger partial charge on any atom is 0.162 e. The molecule has 0 spiro atoms. The molecule has 1 fully saturated rings. The van der Waals surface area contributed by atoms with Crippen molar-refractivity contribution in [3.63, 3.8) is 0 Å². The van der Waals surface area contributed by atoms with E-state index < -0.39 is 5.54 Å². The van der Waals surface area contributed by atoms with Crippen LogP contribution < -0.4 is 5.12 Å². The Hall–Kier alpha value is -3.20. The summed E-state index contributed by atoms with van der Waals surface area (Å²) in [7, 11) is 0. The summed E-state index contributed by atoms with van der Waals surface area (Å²) in [4.78, 5) is 12.5. The summed E-state index contributed by atoms with van der Waals surface area (Å²) in [5, 5.41) is 0.926. The summed E-state index contributed by atoms with van der Waals surface area (Å²) in [6.45, 7) is 5.84. The van der Waals surface area contributed by atoms with Crippen LogP contribution in [-0.2, 0) is 12.8 Å². The second-order valence-corrected chi connectivity index (χ2v) is 11.7. The Balaban J connectivity index is 1.51. The standard InChI is InChI=1S/C34H36FNO/c1-4-32(37)27-15-17-30-25(19-27)9-6-10-29(26-16-18-31-28(20-26)21-34(2,3)36(31)35)33(30)24-13-11-23(12-14-24)22-7-5-8-22/h11-20,22H,4-10,21H2,1-3H3. The van der Waals surface area contributed by atoms with Gasteiger partial charge in [0.15, 0.2) is 5.78 Å². The number of rotatable bonds is 5. The van der Waals surface area contributed by atoms with Gasteiger partial charge in [-0.05, 0) is 121 Å². The van der Waals surface area contributed by atoms with Gasteiger partial charge >= 0.3 is 0 Å². The Morgan fingerprint density at radius 3 is 2.38 bits per heavy atom. The van der Waals surface area contributed by atoms with Gasteiger partial charge in [-0.1, -0.05) is 60.3 Å². The maximum atomic E-state index is 14.9. The molecule has 3 aromatic carbocycles. The number of hydrogen-bond donors (Lipinski definition) is 0. The van der Waals surface area contributed by atoms with Gasteiger partial charge in [0, 0.05) is 12.0 Å². The number of fused-ring (bicyclic) bond motifs is 2. The number of aryl methyl sites for hydroxylation is 1. The average molecular weight is 494 g/mol. The fraction of sp³-hybridized carbons (Fsp3) is 0.382. The third-order valence-corrected chi connectivity index (χ3v) is 8.76. The number of benzene rings is 3. The van der Waals surface area contributed by atoms with Crippen LogP contribution in [0, 0.1) is 0 Å². The Kier molecular flexibility index (Phi) is 6.06. The quantitative estimate of drug-likeness (QED) is 0.261. The maximum absolute atomic E-state index is 14.9. The second-order valence-electron chi connectivity index (χ2n) is 11.7. The molecular weight excluding hydrogens is 457 g/mol. The van der Waals surface area contributed by atoms with Crippen LogP contribution in [0.5, 0.6) is 0 Å². The molecule has 0 atom stereocenters. The summed E-state index contributed by atoms with van der Waals surface area (Å²) >= 11 is 0. The van der Waals surface area contributed by atoms with Crippen LogP contribution in [0.2, 0.25) is 0 Å². The predicted octanol–water partition coefficient (Wildman–Crippen LogP) is 8.87. The van der Waals surface area contributed by atoms with E-state index in [1.54, 1.807) is 0 Å². The minimum Gasteiger partial charge on any atom is -0.294 e. The third-order valence-electron chi connectivity index (χ3n) is 8.76. The molecule has 0 bridgehead atoms. The normalized spacial score (nSPS) is 18.8. The van der Waals surface area contributed by atoms with Gasteiger partial charge in [0.25, 0.3) is 0 Å². The van der Waals surface area contributed by atoms with Gasteiger partial charge in [-0.15, -0.1) is 0 Å². The Morgan fingerprint density at radius 2 is 1.68 bits per heavy atom. The zero-order chi connectivity index (χ0) is 25.7. The monoisotopic (exact) mass is 493 g/mol. The van der Waals surface area contributed by atoms with Gasteiger partial charge in [-0.25, -0.2) is 5.12 Å². The SMILES string of the molecule is CCC(=O)c1ccc2c(c1)CCCC(c1ccc3c(c1)CC(C)(C)N3F)=C2c1ccc(C2CCC2)cc1. The van der Waals surface area contributed by atoms with E-state index in [1.807, 2.05) is 32.9 Å². The van der Waals surface area contributed by atoms with Crippen LogP contribution in [-0.4, -0.2) is 11.3 Å². The molecule has 37 heavy (non-hydrogen) atoms. The lowest BCUT2D eigenvalue weighted by Gasteiger charge is -2.26. The van der Waals surface area contributed by atoms with Crippen LogP contribution in [0.15, 0.2) is 60.7 Å². The van der Waals surface area contributed by atoms with Crippen molar-refractivity contribution >= 4 is 22.6 Å². The first-order valence-electron chi connectivity index (χ1n) is 13.9. The van der Waals surface area contributed by atoms with E-state index in [-0.39, 0.29) is 5.78 Å². The molecule has 3 aliphatic rings. The van der Waals surface area contributed by atoms with E-state index in [9.17, 15) is 9.28 Å². The van der Waals surface area contributed by atoms with Crippen molar-refractivity contribution in [3.05, 3.63) is 99.6 Å². The van der Waals surface area contributed by atoms with Crippen LogP contribution in [0.25, 0.3) is 11.1 Å². The summed E-state index contributed by atoms with van der Waals surface area (Å²) in [5.41, 5.74) is 11.0. The van der Waals surface area contributed by atoms with E-state index in [2.05, 4.69) is 48.5 Å². The van der Waals surface area contributed by atoms with Crippen molar-refractivity contribution in [1.29, 1.82) is 0 Å². The van der Waals surface area contributed by atoms with Crippen molar-refractivity contribution in [2.24, 2.45) is 0 Å². The fourth-order valence-corrected chi connectivity index (χ4v) is 6.42. The Bertz CT molecular complexity index is 1390. The van der Waals surface area contributed by atoms with E-state index in [0.29, 0.717) is 24.4 Å². The molecule has 1 heterocycles. The van der Waals surface area contributed by atoms with Crippen molar-refractivity contribution < 1.29 is 9.28 Å². The number of Topliss-reactive ketones (excluding diaryl/α,β-unsaturated/α-hetero) is 1. The molecule has 3 heteroatoms. The molecule has 1 aliphatic heterocycles. The summed E-state index contributed by atoms with van der Waals surface area (Å²) < 4.78 is 14.9. The highest BCUT2D eigenvalue weighted by atomic mass is 19.2. The first-order valence-corrected chi connectivity index (χ1v) is 13.9. The fourth-order valence-electron chi connectivity index (χ4n) is 6.42. The zero-order valence-electron chi connectivity index (χ0n) is 22.2. The summed E-state index contributed by atoms with van der Waals surface area (Å²) in [5.74, 6) is 0.898. The smallest absolute Gasteiger partial charge is 0.162 e. The number of halogens is 1. The first-order chi connectivity index (χ1) is 17.9. The molecular formula is C34H36FNO. The topological polar surface area (TPSA) is 20.3 Å². The number of allylic oxidation sites excluding steroid dienone is 1. The first kappa shape index (κ1) is 24.2. The highest BCUT2D eigenvalue weighted by molar-refractivity contribution is 6.02. The number of ketones is 1. The van der Waals surface area contributed by atoms with Crippen molar-refractivity contribution in [3.8, 4) is 0 Å². The zero-order valence-corrected chi connectivity index (χ0v) is 22.2. The Labute approximate surface area is 220 Å².